The average molecular weight is 358 g/mol. The SMILES string of the molecule is Cc1ccccc1N1CCN(CC(=O)Nc2cccc(Cl)c2C)CC1. The molecular formula is C20H24ClN3O. The summed E-state index contributed by atoms with van der Waals surface area (Å²) in [5.41, 5.74) is 4.28. The monoisotopic (exact) mass is 357 g/mol. The molecule has 0 saturated carbocycles. The molecule has 5 heteroatoms. The van der Waals surface area contributed by atoms with Crippen molar-refractivity contribution < 1.29 is 4.79 Å². The van der Waals surface area contributed by atoms with E-state index in [4.69, 9.17) is 11.6 Å². The van der Waals surface area contributed by atoms with E-state index in [1.165, 1.54) is 11.3 Å². The number of anilines is 2. The lowest BCUT2D eigenvalue weighted by Gasteiger charge is -2.36. The highest BCUT2D eigenvalue weighted by Crippen LogP contribution is 2.23. The van der Waals surface area contributed by atoms with Crippen LogP contribution in [0.5, 0.6) is 0 Å². The molecule has 1 saturated heterocycles. The Bertz CT molecular complexity index is 754. The van der Waals surface area contributed by atoms with Crippen molar-refractivity contribution in [1.82, 2.24) is 4.90 Å². The van der Waals surface area contributed by atoms with Gasteiger partial charge in [-0.2, -0.15) is 0 Å². The van der Waals surface area contributed by atoms with Crippen LogP contribution in [-0.2, 0) is 4.79 Å². The van der Waals surface area contributed by atoms with E-state index in [2.05, 4.69) is 46.3 Å². The Balaban J connectivity index is 1.53. The van der Waals surface area contributed by atoms with Gasteiger partial charge in [-0.05, 0) is 43.2 Å². The second-order valence-electron chi connectivity index (χ2n) is 6.51. The molecule has 2 aromatic rings. The number of para-hydroxylation sites is 1. The molecule has 0 radical (unpaired) electrons. The summed E-state index contributed by atoms with van der Waals surface area (Å²) in [5.74, 6) is 0.00899. The van der Waals surface area contributed by atoms with E-state index in [0.717, 1.165) is 37.4 Å². The lowest BCUT2D eigenvalue weighted by atomic mass is 10.1. The van der Waals surface area contributed by atoms with Crippen LogP contribution < -0.4 is 10.2 Å². The van der Waals surface area contributed by atoms with Gasteiger partial charge in [0.15, 0.2) is 0 Å². The van der Waals surface area contributed by atoms with Gasteiger partial charge in [0, 0.05) is 42.6 Å². The van der Waals surface area contributed by atoms with Gasteiger partial charge < -0.3 is 10.2 Å². The van der Waals surface area contributed by atoms with Crippen LogP contribution in [0.4, 0.5) is 11.4 Å². The van der Waals surface area contributed by atoms with Crippen molar-refractivity contribution in [2.45, 2.75) is 13.8 Å². The number of halogens is 1. The van der Waals surface area contributed by atoms with Crippen molar-refractivity contribution in [3.05, 3.63) is 58.6 Å². The van der Waals surface area contributed by atoms with Gasteiger partial charge in [-0.1, -0.05) is 35.9 Å². The number of benzene rings is 2. The molecule has 0 unspecified atom stereocenters. The van der Waals surface area contributed by atoms with Crippen molar-refractivity contribution >= 4 is 28.9 Å². The number of rotatable bonds is 4. The van der Waals surface area contributed by atoms with Crippen molar-refractivity contribution in [1.29, 1.82) is 0 Å². The predicted octanol–water partition coefficient (Wildman–Crippen LogP) is 3.72. The number of carbonyl (C=O) groups excluding carboxylic acids is 1. The van der Waals surface area contributed by atoms with E-state index in [1.54, 1.807) is 0 Å². The number of amides is 1. The minimum atomic E-state index is 0.00899. The zero-order chi connectivity index (χ0) is 17.8. The number of aryl methyl sites for hydroxylation is 1. The molecule has 1 amide bonds. The number of hydrogen-bond donors (Lipinski definition) is 1. The van der Waals surface area contributed by atoms with E-state index in [-0.39, 0.29) is 5.91 Å². The van der Waals surface area contributed by atoms with Crippen molar-refractivity contribution in [2.24, 2.45) is 0 Å². The molecule has 0 bridgehead atoms. The Kier molecular flexibility index (Phi) is 5.61. The average Bonchev–Trinajstić information content (AvgIpc) is 2.60. The Morgan fingerprint density at radius 1 is 1.04 bits per heavy atom. The highest BCUT2D eigenvalue weighted by atomic mass is 35.5. The highest BCUT2D eigenvalue weighted by Gasteiger charge is 2.20. The number of carbonyl (C=O) groups is 1. The fourth-order valence-corrected chi connectivity index (χ4v) is 3.38. The second-order valence-corrected chi connectivity index (χ2v) is 6.92. The van der Waals surface area contributed by atoms with E-state index < -0.39 is 0 Å². The first-order chi connectivity index (χ1) is 12.0. The minimum Gasteiger partial charge on any atom is -0.369 e. The third-order valence-corrected chi connectivity index (χ3v) is 5.15. The first kappa shape index (κ1) is 17.8. The van der Waals surface area contributed by atoms with E-state index >= 15 is 0 Å². The zero-order valence-electron chi connectivity index (χ0n) is 14.8. The van der Waals surface area contributed by atoms with Crippen LogP contribution in [0.3, 0.4) is 0 Å². The summed E-state index contributed by atoms with van der Waals surface area (Å²) in [6.07, 6.45) is 0. The lowest BCUT2D eigenvalue weighted by molar-refractivity contribution is -0.117. The molecule has 3 rings (SSSR count). The summed E-state index contributed by atoms with van der Waals surface area (Å²) in [4.78, 5) is 16.9. The Hall–Kier alpha value is -2.04. The molecule has 1 heterocycles. The second kappa shape index (κ2) is 7.89. The van der Waals surface area contributed by atoms with Crippen LogP contribution in [0, 0.1) is 13.8 Å². The van der Waals surface area contributed by atoms with Gasteiger partial charge in [0.05, 0.1) is 6.54 Å². The molecule has 25 heavy (non-hydrogen) atoms. The molecule has 132 valence electrons. The van der Waals surface area contributed by atoms with Gasteiger partial charge in [0.2, 0.25) is 5.91 Å². The molecule has 0 aliphatic carbocycles. The summed E-state index contributed by atoms with van der Waals surface area (Å²) in [5, 5.41) is 3.64. The van der Waals surface area contributed by atoms with Crippen LogP contribution >= 0.6 is 11.6 Å². The maximum Gasteiger partial charge on any atom is 0.238 e. The first-order valence-corrected chi connectivity index (χ1v) is 9.00. The highest BCUT2D eigenvalue weighted by molar-refractivity contribution is 6.31. The lowest BCUT2D eigenvalue weighted by Crippen LogP contribution is -2.48. The molecular weight excluding hydrogens is 334 g/mol. The predicted molar refractivity (Wildman–Crippen MR) is 105 cm³/mol. The van der Waals surface area contributed by atoms with Gasteiger partial charge in [-0.15, -0.1) is 0 Å². The van der Waals surface area contributed by atoms with Gasteiger partial charge >= 0.3 is 0 Å². The van der Waals surface area contributed by atoms with E-state index in [9.17, 15) is 4.79 Å². The third kappa shape index (κ3) is 4.33. The van der Waals surface area contributed by atoms with Crippen LogP contribution in [0.1, 0.15) is 11.1 Å². The third-order valence-electron chi connectivity index (χ3n) is 4.74. The molecule has 1 aliphatic heterocycles. The van der Waals surface area contributed by atoms with Gasteiger partial charge in [-0.3, -0.25) is 9.69 Å². The molecule has 1 fully saturated rings. The fourth-order valence-electron chi connectivity index (χ4n) is 3.20. The Labute approximate surface area is 154 Å². The number of hydrogen-bond acceptors (Lipinski definition) is 3. The standard InChI is InChI=1S/C20H24ClN3O/c1-15-6-3-4-9-19(15)24-12-10-23(11-13-24)14-20(25)22-18-8-5-7-17(21)16(18)2/h3-9H,10-14H2,1-2H3,(H,22,25). The molecule has 1 aliphatic rings. The molecule has 0 atom stereocenters. The molecule has 1 N–H and O–H groups in total. The summed E-state index contributed by atoms with van der Waals surface area (Å²) < 4.78 is 0. The van der Waals surface area contributed by atoms with E-state index in [0.29, 0.717) is 11.6 Å². The maximum atomic E-state index is 12.3. The largest absolute Gasteiger partial charge is 0.369 e. The summed E-state index contributed by atoms with van der Waals surface area (Å²) in [6.45, 7) is 8.12. The van der Waals surface area contributed by atoms with Crippen molar-refractivity contribution in [3.63, 3.8) is 0 Å². The van der Waals surface area contributed by atoms with Gasteiger partial charge in [0.1, 0.15) is 0 Å². The molecule has 4 nitrogen and oxygen atoms in total. The van der Waals surface area contributed by atoms with Crippen LogP contribution in [0.25, 0.3) is 0 Å². The molecule has 0 spiro atoms. The summed E-state index contributed by atoms with van der Waals surface area (Å²) in [6, 6.07) is 14.0. The van der Waals surface area contributed by atoms with E-state index in [1.807, 2.05) is 25.1 Å². The first-order valence-electron chi connectivity index (χ1n) is 8.62. The number of nitrogens with one attached hydrogen (secondary N) is 1. The van der Waals surface area contributed by atoms with Gasteiger partial charge in [0.25, 0.3) is 0 Å². The Morgan fingerprint density at radius 2 is 1.76 bits per heavy atom. The van der Waals surface area contributed by atoms with Crippen molar-refractivity contribution in [2.75, 3.05) is 42.9 Å². The smallest absolute Gasteiger partial charge is 0.238 e. The topological polar surface area (TPSA) is 35.6 Å². The number of nitrogens with zero attached hydrogens (tertiary/aromatic N) is 2. The molecule has 2 aromatic carbocycles. The van der Waals surface area contributed by atoms with Crippen LogP contribution in [-0.4, -0.2) is 43.5 Å². The van der Waals surface area contributed by atoms with Crippen LogP contribution in [0.15, 0.2) is 42.5 Å². The maximum absolute atomic E-state index is 12.3. The summed E-state index contributed by atoms with van der Waals surface area (Å²) in [7, 11) is 0. The minimum absolute atomic E-state index is 0.00899. The quantitative estimate of drug-likeness (QED) is 0.905. The molecule has 0 aromatic heterocycles. The Morgan fingerprint density at radius 3 is 2.48 bits per heavy atom. The normalized spacial score (nSPS) is 15.2. The number of piperazine rings is 1. The fraction of sp³-hybridized carbons (Fsp3) is 0.350. The zero-order valence-corrected chi connectivity index (χ0v) is 15.5. The van der Waals surface area contributed by atoms with Gasteiger partial charge in [-0.25, -0.2) is 0 Å². The summed E-state index contributed by atoms with van der Waals surface area (Å²) >= 11 is 6.11. The van der Waals surface area contributed by atoms with Crippen molar-refractivity contribution in [3.8, 4) is 0 Å². The van der Waals surface area contributed by atoms with Crippen LogP contribution in [0.2, 0.25) is 5.02 Å².